The first kappa shape index (κ1) is 15.2. The van der Waals surface area contributed by atoms with Gasteiger partial charge in [-0.05, 0) is 6.07 Å². The van der Waals surface area contributed by atoms with Crippen LogP contribution in [0.15, 0.2) is 41.8 Å². The molecule has 6 heteroatoms. The molecular weight excluding hydrogens is 294 g/mol. The molecule has 0 saturated carbocycles. The highest BCUT2D eigenvalue weighted by atomic mass is 32.2. The van der Waals surface area contributed by atoms with Crippen LogP contribution in [-0.2, 0) is 16.6 Å². The zero-order chi connectivity index (χ0) is 14.8. The second kappa shape index (κ2) is 6.05. The molecule has 0 atom stereocenters. The molecule has 2 rings (SSSR count). The molecular formula is C14H17NO3S2. The molecule has 0 aliphatic rings. The van der Waals surface area contributed by atoms with Crippen molar-refractivity contribution in [3.63, 3.8) is 0 Å². The summed E-state index contributed by atoms with van der Waals surface area (Å²) >= 11 is 1.32. The summed E-state index contributed by atoms with van der Waals surface area (Å²) in [7, 11) is -3.63. The van der Waals surface area contributed by atoms with Crippen molar-refractivity contribution in [2.24, 2.45) is 0 Å². The van der Waals surface area contributed by atoms with E-state index in [4.69, 9.17) is 0 Å². The van der Waals surface area contributed by atoms with E-state index in [0.717, 1.165) is 4.70 Å². The van der Waals surface area contributed by atoms with Gasteiger partial charge in [-0.15, -0.1) is 17.9 Å². The van der Waals surface area contributed by atoms with Gasteiger partial charge in [0.1, 0.15) is 4.90 Å². The van der Waals surface area contributed by atoms with Crippen LogP contribution in [0, 0.1) is 0 Å². The minimum absolute atomic E-state index is 0.226. The fourth-order valence-corrected chi connectivity index (χ4v) is 5.30. The summed E-state index contributed by atoms with van der Waals surface area (Å²) in [6.45, 7) is 5.73. The number of rotatable bonds is 6. The summed E-state index contributed by atoms with van der Waals surface area (Å²) in [6.07, 6.45) is 1.56. The quantitative estimate of drug-likeness (QED) is 0.834. The second-order valence-electron chi connectivity index (χ2n) is 4.25. The number of thiophene rings is 1. The maximum absolute atomic E-state index is 12.8. The number of fused-ring (bicyclic) bond motifs is 1. The molecule has 20 heavy (non-hydrogen) atoms. The first-order chi connectivity index (χ1) is 9.56. The van der Waals surface area contributed by atoms with Gasteiger partial charge in [-0.2, -0.15) is 4.31 Å². The fraction of sp³-hybridized carbons (Fsp3) is 0.286. The van der Waals surface area contributed by atoms with E-state index < -0.39 is 10.0 Å². The molecule has 0 unspecified atom stereocenters. The fourth-order valence-electron chi connectivity index (χ4n) is 2.13. The smallest absolute Gasteiger partial charge is 0.245 e. The molecule has 1 aromatic carbocycles. The van der Waals surface area contributed by atoms with E-state index in [0.29, 0.717) is 16.8 Å². The standard InChI is InChI=1S/C14H17NO3S2/c1-3-9-15(4-2)20(17,18)14-11-7-5-6-8-12(11)19-13(14)10-16/h3,5-8,16H,1,4,9-10H2,2H3. The average Bonchev–Trinajstić information content (AvgIpc) is 2.83. The van der Waals surface area contributed by atoms with Crippen LogP contribution in [0.5, 0.6) is 0 Å². The number of sulfonamides is 1. The maximum atomic E-state index is 12.8. The summed E-state index contributed by atoms with van der Waals surface area (Å²) in [5.41, 5.74) is 0. The Morgan fingerprint density at radius 1 is 1.40 bits per heavy atom. The Kier molecular flexibility index (Phi) is 4.59. The molecule has 4 nitrogen and oxygen atoms in total. The predicted octanol–water partition coefficient (Wildman–Crippen LogP) is 2.59. The lowest BCUT2D eigenvalue weighted by Crippen LogP contribution is -2.31. The Hall–Kier alpha value is -1.21. The maximum Gasteiger partial charge on any atom is 0.245 e. The molecule has 1 aromatic heterocycles. The van der Waals surface area contributed by atoms with Gasteiger partial charge in [0.15, 0.2) is 0 Å². The minimum Gasteiger partial charge on any atom is -0.391 e. The summed E-state index contributed by atoms with van der Waals surface area (Å²) in [5, 5.41) is 10.1. The molecule has 0 radical (unpaired) electrons. The highest BCUT2D eigenvalue weighted by Crippen LogP contribution is 2.36. The molecule has 1 heterocycles. The Bertz CT molecular complexity index is 719. The van der Waals surface area contributed by atoms with Gasteiger partial charge in [-0.3, -0.25) is 0 Å². The van der Waals surface area contributed by atoms with Crippen LogP contribution in [0.1, 0.15) is 11.8 Å². The van der Waals surface area contributed by atoms with Gasteiger partial charge in [0.25, 0.3) is 0 Å². The zero-order valence-corrected chi connectivity index (χ0v) is 12.9. The molecule has 0 saturated heterocycles. The van der Waals surface area contributed by atoms with Crippen LogP contribution in [0.2, 0.25) is 0 Å². The van der Waals surface area contributed by atoms with Gasteiger partial charge in [0.2, 0.25) is 10.0 Å². The third kappa shape index (κ3) is 2.52. The van der Waals surface area contributed by atoms with Gasteiger partial charge in [-0.25, -0.2) is 8.42 Å². The number of aliphatic hydroxyl groups is 1. The molecule has 108 valence electrons. The predicted molar refractivity (Wildman–Crippen MR) is 82.4 cm³/mol. The normalized spacial score (nSPS) is 12.2. The lowest BCUT2D eigenvalue weighted by atomic mass is 10.2. The highest BCUT2D eigenvalue weighted by molar-refractivity contribution is 7.89. The Balaban J connectivity index is 2.69. The van der Waals surface area contributed by atoms with E-state index in [2.05, 4.69) is 6.58 Å². The monoisotopic (exact) mass is 311 g/mol. The highest BCUT2D eigenvalue weighted by Gasteiger charge is 2.28. The average molecular weight is 311 g/mol. The molecule has 0 spiro atoms. The molecule has 0 fully saturated rings. The Labute approximate surface area is 123 Å². The van der Waals surface area contributed by atoms with Crippen molar-refractivity contribution in [3.8, 4) is 0 Å². The van der Waals surface area contributed by atoms with Crippen LogP contribution < -0.4 is 0 Å². The van der Waals surface area contributed by atoms with E-state index in [1.165, 1.54) is 15.6 Å². The van der Waals surface area contributed by atoms with Crippen LogP contribution in [-0.4, -0.2) is 30.9 Å². The van der Waals surface area contributed by atoms with E-state index in [9.17, 15) is 13.5 Å². The lowest BCUT2D eigenvalue weighted by Gasteiger charge is -2.19. The topological polar surface area (TPSA) is 57.6 Å². The van der Waals surface area contributed by atoms with Crippen molar-refractivity contribution in [2.75, 3.05) is 13.1 Å². The van der Waals surface area contributed by atoms with Crippen LogP contribution >= 0.6 is 11.3 Å². The zero-order valence-electron chi connectivity index (χ0n) is 11.2. The third-order valence-electron chi connectivity index (χ3n) is 3.05. The summed E-state index contributed by atoms with van der Waals surface area (Å²) in [6, 6.07) is 7.30. The van der Waals surface area contributed by atoms with Crippen molar-refractivity contribution in [2.45, 2.75) is 18.4 Å². The second-order valence-corrected chi connectivity index (χ2v) is 7.26. The van der Waals surface area contributed by atoms with Crippen molar-refractivity contribution in [1.82, 2.24) is 4.31 Å². The van der Waals surface area contributed by atoms with Crippen molar-refractivity contribution < 1.29 is 13.5 Å². The van der Waals surface area contributed by atoms with Crippen LogP contribution in [0.3, 0.4) is 0 Å². The third-order valence-corrected chi connectivity index (χ3v) is 6.40. The van der Waals surface area contributed by atoms with E-state index in [1.807, 2.05) is 12.1 Å². The molecule has 0 amide bonds. The first-order valence-corrected chi connectivity index (χ1v) is 8.54. The van der Waals surface area contributed by atoms with Gasteiger partial charge >= 0.3 is 0 Å². The largest absolute Gasteiger partial charge is 0.391 e. The minimum atomic E-state index is -3.63. The number of hydrogen-bond acceptors (Lipinski definition) is 4. The molecule has 1 N–H and O–H groups in total. The summed E-state index contributed by atoms with van der Waals surface area (Å²) in [4.78, 5) is 0.706. The molecule has 2 aromatic rings. The van der Waals surface area contributed by atoms with E-state index in [1.54, 1.807) is 25.1 Å². The lowest BCUT2D eigenvalue weighted by molar-refractivity contribution is 0.282. The van der Waals surface area contributed by atoms with Crippen LogP contribution in [0.4, 0.5) is 0 Å². The molecule has 0 bridgehead atoms. The van der Waals surface area contributed by atoms with Crippen molar-refractivity contribution in [3.05, 3.63) is 41.8 Å². The molecule has 0 aliphatic heterocycles. The van der Waals surface area contributed by atoms with Crippen LogP contribution in [0.25, 0.3) is 10.1 Å². The van der Waals surface area contributed by atoms with Gasteiger partial charge in [-0.1, -0.05) is 31.2 Å². The Morgan fingerprint density at radius 3 is 2.70 bits per heavy atom. The summed E-state index contributed by atoms with van der Waals surface area (Å²) < 4.78 is 27.8. The van der Waals surface area contributed by atoms with E-state index in [-0.39, 0.29) is 18.0 Å². The van der Waals surface area contributed by atoms with Gasteiger partial charge in [0.05, 0.1) is 11.5 Å². The van der Waals surface area contributed by atoms with Crippen molar-refractivity contribution in [1.29, 1.82) is 0 Å². The Morgan fingerprint density at radius 2 is 2.10 bits per heavy atom. The molecule has 0 aliphatic carbocycles. The van der Waals surface area contributed by atoms with E-state index >= 15 is 0 Å². The number of likely N-dealkylation sites (N-methyl/N-ethyl adjacent to an activating group) is 1. The number of benzene rings is 1. The SMILES string of the molecule is C=CCN(CC)S(=O)(=O)c1c(CO)sc2ccccc12. The number of aliphatic hydroxyl groups excluding tert-OH is 1. The number of nitrogens with zero attached hydrogens (tertiary/aromatic N) is 1. The number of hydrogen-bond donors (Lipinski definition) is 1. The summed E-state index contributed by atoms with van der Waals surface area (Å²) in [5.74, 6) is 0. The van der Waals surface area contributed by atoms with Gasteiger partial charge < -0.3 is 5.11 Å². The first-order valence-electron chi connectivity index (χ1n) is 6.28. The van der Waals surface area contributed by atoms with Crippen molar-refractivity contribution >= 4 is 31.4 Å². The van der Waals surface area contributed by atoms with Gasteiger partial charge in [0, 0.05) is 23.2 Å².